The second-order valence-electron chi connectivity index (χ2n) is 5.16. The third kappa shape index (κ3) is 4.40. The van der Waals surface area contributed by atoms with Crippen LogP contribution in [0.25, 0.3) is 0 Å². The number of nitrogens with two attached hydrogens (primary N) is 1. The van der Waals surface area contributed by atoms with Crippen LogP contribution in [-0.4, -0.2) is 34.9 Å². The molecule has 0 saturated carbocycles. The molecule has 120 valence electrons. The van der Waals surface area contributed by atoms with Crippen molar-refractivity contribution in [2.75, 3.05) is 13.1 Å². The summed E-state index contributed by atoms with van der Waals surface area (Å²) < 4.78 is 0. The average Bonchev–Trinajstić information content (AvgIpc) is 2.59. The third-order valence-corrected chi connectivity index (χ3v) is 3.55. The molecule has 2 aromatic rings. The smallest absolute Gasteiger partial charge is 0.264 e. The molecule has 0 bridgehead atoms. The lowest BCUT2D eigenvalue weighted by Gasteiger charge is -2.20. The summed E-state index contributed by atoms with van der Waals surface area (Å²) >= 11 is 0. The molecule has 5 heteroatoms. The van der Waals surface area contributed by atoms with Gasteiger partial charge in [0.25, 0.3) is 5.91 Å². The average molecular weight is 312 g/mol. The van der Waals surface area contributed by atoms with E-state index < -0.39 is 11.8 Å². The molecule has 0 aromatic heterocycles. The van der Waals surface area contributed by atoms with Crippen molar-refractivity contribution in [1.82, 2.24) is 4.90 Å². The molecule has 0 unspecified atom stereocenters. The van der Waals surface area contributed by atoms with Gasteiger partial charge >= 0.3 is 0 Å². The van der Waals surface area contributed by atoms with E-state index in [1.807, 2.05) is 30.3 Å². The fraction of sp³-hybridized carbons (Fsp3) is 0.222. The molecule has 0 atom stereocenters. The number of nitrogens with zero attached hydrogens (tertiary/aromatic N) is 1. The van der Waals surface area contributed by atoms with Crippen molar-refractivity contribution in [2.45, 2.75) is 12.8 Å². The van der Waals surface area contributed by atoms with Gasteiger partial charge in [-0.05, 0) is 30.5 Å². The summed E-state index contributed by atoms with van der Waals surface area (Å²) in [4.78, 5) is 25.6. The molecule has 0 aliphatic carbocycles. The van der Waals surface area contributed by atoms with Crippen molar-refractivity contribution in [3.05, 3.63) is 65.7 Å². The second-order valence-corrected chi connectivity index (χ2v) is 5.16. The van der Waals surface area contributed by atoms with Crippen molar-refractivity contribution in [3.8, 4) is 5.75 Å². The van der Waals surface area contributed by atoms with Crippen LogP contribution < -0.4 is 5.73 Å². The normalized spacial score (nSPS) is 10.3. The number of carbonyl (C=O) groups is 2. The second kappa shape index (κ2) is 8.10. The Hall–Kier alpha value is -2.66. The van der Waals surface area contributed by atoms with Crippen molar-refractivity contribution in [1.29, 1.82) is 0 Å². The van der Waals surface area contributed by atoms with Gasteiger partial charge in [-0.1, -0.05) is 42.5 Å². The Labute approximate surface area is 135 Å². The van der Waals surface area contributed by atoms with Crippen LogP contribution in [0.4, 0.5) is 0 Å². The number of benzene rings is 2. The van der Waals surface area contributed by atoms with Crippen molar-refractivity contribution >= 4 is 11.8 Å². The number of hydrogen-bond donors (Lipinski definition) is 2. The van der Waals surface area contributed by atoms with Gasteiger partial charge in [-0.25, -0.2) is 0 Å². The molecule has 0 saturated heterocycles. The van der Waals surface area contributed by atoms with E-state index in [0.29, 0.717) is 6.42 Å². The number of amides is 2. The SMILES string of the molecule is NCC(=O)N(CCCc1ccccc1)C(=O)c1ccccc1O. The molecule has 0 heterocycles. The summed E-state index contributed by atoms with van der Waals surface area (Å²) in [6.07, 6.45) is 1.39. The number of phenolic OH excluding ortho intramolecular Hbond substituents is 1. The van der Waals surface area contributed by atoms with Gasteiger partial charge in [-0.2, -0.15) is 0 Å². The summed E-state index contributed by atoms with van der Waals surface area (Å²) in [7, 11) is 0. The topological polar surface area (TPSA) is 83.6 Å². The Morgan fingerprint density at radius 1 is 1.00 bits per heavy atom. The molecule has 3 N–H and O–H groups in total. The highest BCUT2D eigenvalue weighted by molar-refractivity contribution is 6.06. The maximum Gasteiger partial charge on any atom is 0.264 e. The number of imide groups is 1. The van der Waals surface area contributed by atoms with Gasteiger partial charge in [0.1, 0.15) is 5.75 Å². The van der Waals surface area contributed by atoms with Crippen molar-refractivity contribution < 1.29 is 14.7 Å². The lowest BCUT2D eigenvalue weighted by molar-refractivity contribution is -0.127. The van der Waals surface area contributed by atoms with Gasteiger partial charge in [0.2, 0.25) is 5.91 Å². The van der Waals surface area contributed by atoms with E-state index in [9.17, 15) is 14.7 Å². The van der Waals surface area contributed by atoms with E-state index >= 15 is 0 Å². The summed E-state index contributed by atoms with van der Waals surface area (Å²) in [6.45, 7) is 0.0166. The molecule has 2 amide bonds. The van der Waals surface area contributed by atoms with Gasteiger partial charge in [0.05, 0.1) is 12.1 Å². The zero-order chi connectivity index (χ0) is 16.7. The van der Waals surface area contributed by atoms with E-state index in [2.05, 4.69) is 0 Å². The number of phenols is 1. The predicted molar refractivity (Wildman–Crippen MR) is 88.0 cm³/mol. The van der Waals surface area contributed by atoms with Gasteiger partial charge in [-0.3, -0.25) is 14.5 Å². The maximum absolute atomic E-state index is 12.5. The van der Waals surface area contributed by atoms with Gasteiger partial charge < -0.3 is 10.8 Å². The highest BCUT2D eigenvalue weighted by Gasteiger charge is 2.23. The summed E-state index contributed by atoms with van der Waals surface area (Å²) in [5.74, 6) is -1.12. The Bertz CT molecular complexity index is 671. The molecule has 2 rings (SSSR count). The maximum atomic E-state index is 12.5. The Balaban J connectivity index is 2.07. The first-order valence-electron chi connectivity index (χ1n) is 7.50. The van der Waals surface area contributed by atoms with E-state index in [0.717, 1.165) is 16.9 Å². The molecule has 0 radical (unpaired) electrons. The van der Waals surface area contributed by atoms with E-state index in [4.69, 9.17) is 5.73 Å². The number of para-hydroxylation sites is 1. The van der Waals surface area contributed by atoms with Crippen LogP contribution in [0, 0.1) is 0 Å². The first-order valence-corrected chi connectivity index (χ1v) is 7.50. The number of carbonyl (C=O) groups excluding carboxylic acids is 2. The predicted octanol–water partition coefficient (Wildman–Crippen LogP) is 1.95. The molecular weight excluding hydrogens is 292 g/mol. The number of rotatable bonds is 6. The van der Waals surface area contributed by atoms with Crippen LogP contribution in [0.3, 0.4) is 0 Å². The summed E-state index contributed by atoms with van der Waals surface area (Å²) in [6, 6.07) is 16.0. The highest BCUT2D eigenvalue weighted by atomic mass is 16.3. The first-order chi connectivity index (χ1) is 11.1. The highest BCUT2D eigenvalue weighted by Crippen LogP contribution is 2.18. The molecule has 5 nitrogen and oxygen atoms in total. The molecule has 0 aliphatic rings. The fourth-order valence-corrected chi connectivity index (χ4v) is 2.34. The largest absolute Gasteiger partial charge is 0.507 e. The van der Waals surface area contributed by atoms with Crippen LogP contribution >= 0.6 is 0 Å². The van der Waals surface area contributed by atoms with Crippen LogP contribution in [0.5, 0.6) is 5.75 Å². The summed E-state index contributed by atoms with van der Waals surface area (Å²) in [5, 5.41) is 9.80. The Kier molecular flexibility index (Phi) is 5.88. The lowest BCUT2D eigenvalue weighted by atomic mass is 10.1. The van der Waals surface area contributed by atoms with Crippen LogP contribution in [0.15, 0.2) is 54.6 Å². The minimum Gasteiger partial charge on any atom is -0.507 e. The molecule has 2 aromatic carbocycles. The molecule has 0 fully saturated rings. The van der Waals surface area contributed by atoms with E-state index in [1.165, 1.54) is 12.1 Å². The van der Waals surface area contributed by atoms with Crippen molar-refractivity contribution in [3.63, 3.8) is 0 Å². The minimum absolute atomic E-state index is 0.106. The third-order valence-electron chi connectivity index (χ3n) is 3.55. The standard InChI is InChI=1S/C18H20N2O3/c19-13-17(22)20(12-6-9-14-7-2-1-3-8-14)18(23)15-10-4-5-11-16(15)21/h1-5,7-8,10-11,21H,6,9,12-13,19H2. The Morgan fingerprint density at radius 2 is 1.65 bits per heavy atom. The Morgan fingerprint density at radius 3 is 2.30 bits per heavy atom. The zero-order valence-electron chi connectivity index (χ0n) is 12.8. The monoisotopic (exact) mass is 312 g/mol. The van der Waals surface area contributed by atoms with Gasteiger partial charge in [0, 0.05) is 6.54 Å². The zero-order valence-corrected chi connectivity index (χ0v) is 12.8. The minimum atomic E-state index is -0.522. The molecule has 23 heavy (non-hydrogen) atoms. The van der Waals surface area contributed by atoms with E-state index in [-0.39, 0.29) is 24.4 Å². The lowest BCUT2D eigenvalue weighted by Crippen LogP contribution is -2.41. The first kappa shape index (κ1) is 16.7. The van der Waals surface area contributed by atoms with Gasteiger partial charge in [0.15, 0.2) is 0 Å². The molecular formula is C18H20N2O3. The van der Waals surface area contributed by atoms with Crippen molar-refractivity contribution in [2.24, 2.45) is 5.73 Å². The summed E-state index contributed by atoms with van der Waals surface area (Å²) in [5.41, 5.74) is 6.65. The fourth-order valence-electron chi connectivity index (χ4n) is 2.34. The number of aromatic hydroxyl groups is 1. The van der Waals surface area contributed by atoms with Crippen LogP contribution in [0.2, 0.25) is 0 Å². The quantitative estimate of drug-likeness (QED) is 0.854. The van der Waals surface area contributed by atoms with Gasteiger partial charge in [-0.15, -0.1) is 0 Å². The molecule has 0 spiro atoms. The van der Waals surface area contributed by atoms with Crippen LogP contribution in [0.1, 0.15) is 22.3 Å². The molecule has 0 aliphatic heterocycles. The number of aryl methyl sites for hydroxylation is 1. The van der Waals surface area contributed by atoms with E-state index in [1.54, 1.807) is 12.1 Å². The van der Waals surface area contributed by atoms with Crippen LogP contribution in [-0.2, 0) is 11.2 Å². The number of hydrogen-bond acceptors (Lipinski definition) is 4.